The predicted octanol–water partition coefficient (Wildman–Crippen LogP) is 4.46. The van der Waals surface area contributed by atoms with Crippen molar-refractivity contribution >= 4 is 29.0 Å². The summed E-state index contributed by atoms with van der Waals surface area (Å²) in [6.45, 7) is 0. The molecule has 0 saturated heterocycles. The van der Waals surface area contributed by atoms with E-state index in [4.69, 9.17) is 23.2 Å². The van der Waals surface area contributed by atoms with E-state index in [9.17, 15) is 9.90 Å². The number of phenols is 1. The highest BCUT2D eigenvalue weighted by atomic mass is 35.5. The lowest BCUT2D eigenvalue weighted by molar-refractivity contribution is 0.0887. The van der Waals surface area contributed by atoms with Crippen molar-refractivity contribution in [1.29, 1.82) is 0 Å². The monoisotopic (exact) mass is 272 g/mol. The van der Waals surface area contributed by atoms with E-state index in [1.165, 1.54) is 18.6 Å². The Bertz CT molecular complexity index is 437. The van der Waals surface area contributed by atoms with Crippen molar-refractivity contribution in [1.82, 2.24) is 0 Å². The topological polar surface area (TPSA) is 37.3 Å². The summed E-state index contributed by atoms with van der Waals surface area (Å²) in [5.74, 6) is -0.0670. The molecule has 0 unspecified atom stereocenters. The van der Waals surface area contributed by atoms with Gasteiger partial charge in [-0.25, -0.2) is 0 Å². The summed E-state index contributed by atoms with van der Waals surface area (Å²) in [5.41, 5.74) is 0.298. The van der Waals surface area contributed by atoms with E-state index in [1.807, 2.05) is 0 Å². The number of phenolic OH excluding ortho intramolecular Hbond substituents is 1. The fourth-order valence-electron chi connectivity index (χ4n) is 2.32. The first-order valence-electron chi connectivity index (χ1n) is 5.82. The van der Waals surface area contributed by atoms with Gasteiger partial charge in [-0.3, -0.25) is 4.79 Å². The van der Waals surface area contributed by atoms with Crippen molar-refractivity contribution in [3.63, 3.8) is 0 Å². The van der Waals surface area contributed by atoms with Crippen molar-refractivity contribution in [3.8, 4) is 5.75 Å². The van der Waals surface area contributed by atoms with Gasteiger partial charge in [-0.2, -0.15) is 0 Å². The third-order valence-electron chi connectivity index (χ3n) is 3.28. The number of Topliss-reactive ketones (excluding diaryl/α,β-unsaturated/α-hetero) is 1. The molecule has 4 heteroatoms. The lowest BCUT2D eigenvalue weighted by Crippen LogP contribution is -2.18. The maximum Gasteiger partial charge on any atom is 0.169 e. The third kappa shape index (κ3) is 2.75. The average Bonchev–Trinajstić information content (AvgIpc) is 2.34. The number of benzene rings is 1. The summed E-state index contributed by atoms with van der Waals surface area (Å²) < 4.78 is 0. The molecule has 0 atom stereocenters. The van der Waals surface area contributed by atoms with Crippen molar-refractivity contribution in [2.75, 3.05) is 0 Å². The first-order chi connectivity index (χ1) is 8.09. The smallest absolute Gasteiger partial charge is 0.169 e. The quantitative estimate of drug-likeness (QED) is 0.807. The molecular formula is C13H14Cl2O2. The van der Waals surface area contributed by atoms with Crippen LogP contribution in [0.4, 0.5) is 0 Å². The van der Waals surface area contributed by atoms with Crippen LogP contribution in [0.5, 0.6) is 5.75 Å². The molecule has 2 rings (SSSR count). The number of ketones is 1. The summed E-state index contributed by atoms with van der Waals surface area (Å²) >= 11 is 11.6. The van der Waals surface area contributed by atoms with Crippen LogP contribution in [0.1, 0.15) is 42.5 Å². The van der Waals surface area contributed by atoms with Gasteiger partial charge in [-0.15, -0.1) is 0 Å². The number of halogens is 2. The van der Waals surface area contributed by atoms with E-state index in [0.29, 0.717) is 10.6 Å². The van der Waals surface area contributed by atoms with Crippen LogP contribution in [0, 0.1) is 5.92 Å². The lowest BCUT2D eigenvalue weighted by atomic mass is 9.83. The minimum absolute atomic E-state index is 0.0132. The summed E-state index contributed by atoms with van der Waals surface area (Å²) in [6, 6.07) is 2.80. The zero-order valence-corrected chi connectivity index (χ0v) is 10.9. The van der Waals surface area contributed by atoms with Crippen LogP contribution < -0.4 is 0 Å². The van der Waals surface area contributed by atoms with Crippen LogP contribution in [0.2, 0.25) is 10.0 Å². The minimum atomic E-state index is -0.0741. The Morgan fingerprint density at radius 3 is 2.35 bits per heavy atom. The Labute approximate surface area is 111 Å². The van der Waals surface area contributed by atoms with Crippen LogP contribution in [0.3, 0.4) is 0 Å². The molecule has 1 saturated carbocycles. The number of carbonyl (C=O) groups excluding carboxylic acids is 1. The van der Waals surface area contributed by atoms with E-state index in [1.54, 1.807) is 0 Å². The van der Waals surface area contributed by atoms with E-state index >= 15 is 0 Å². The molecular weight excluding hydrogens is 259 g/mol. The largest absolute Gasteiger partial charge is 0.507 e. The average molecular weight is 273 g/mol. The molecule has 0 aliphatic heterocycles. The Balaban J connectivity index is 2.26. The molecule has 0 heterocycles. The summed E-state index contributed by atoms with van der Waals surface area (Å²) in [7, 11) is 0. The highest BCUT2D eigenvalue weighted by Gasteiger charge is 2.25. The van der Waals surface area contributed by atoms with Crippen molar-refractivity contribution in [3.05, 3.63) is 27.7 Å². The standard InChI is InChI=1S/C13H14Cl2O2/c14-10-6-9(12(16)7-11(10)15)13(17)8-4-2-1-3-5-8/h6-8,16H,1-5H2. The van der Waals surface area contributed by atoms with Gasteiger partial charge in [0, 0.05) is 12.0 Å². The van der Waals surface area contributed by atoms with Crippen LogP contribution in [0.25, 0.3) is 0 Å². The van der Waals surface area contributed by atoms with E-state index in [2.05, 4.69) is 0 Å². The molecule has 1 aliphatic carbocycles. The summed E-state index contributed by atoms with van der Waals surface area (Å²) in [5, 5.41) is 10.3. The summed E-state index contributed by atoms with van der Waals surface area (Å²) in [6.07, 6.45) is 5.16. The molecule has 1 aliphatic rings. The van der Waals surface area contributed by atoms with Gasteiger partial charge in [0.15, 0.2) is 5.78 Å². The molecule has 0 bridgehead atoms. The minimum Gasteiger partial charge on any atom is -0.507 e. The number of hydrogen-bond donors (Lipinski definition) is 1. The van der Waals surface area contributed by atoms with Crippen molar-refractivity contribution in [2.24, 2.45) is 5.92 Å². The second kappa shape index (κ2) is 5.28. The van der Waals surface area contributed by atoms with Gasteiger partial charge in [0.05, 0.1) is 15.6 Å². The first-order valence-corrected chi connectivity index (χ1v) is 6.57. The lowest BCUT2D eigenvalue weighted by Gasteiger charge is -2.20. The molecule has 1 fully saturated rings. The van der Waals surface area contributed by atoms with E-state index < -0.39 is 0 Å². The Hall–Kier alpha value is -0.730. The SMILES string of the molecule is O=C(c1cc(Cl)c(Cl)cc1O)C1CCCCC1. The molecule has 17 heavy (non-hydrogen) atoms. The molecule has 0 aromatic heterocycles. The number of rotatable bonds is 2. The number of hydrogen-bond acceptors (Lipinski definition) is 2. The fraction of sp³-hybridized carbons (Fsp3) is 0.462. The van der Waals surface area contributed by atoms with Crippen LogP contribution in [-0.2, 0) is 0 Å². The summed E-state index contributed by atoms with van der Waals surface area (Å²) in [4.78, 5) is 12.2. The van der Waals surface area contributed by atoms with Gasteiger partial charge in [-0.05, 0) is 18.9 Å². The molecule has 0 spiro atoms. The Kier molecular flexibility index (Phi) is 3.95. The molecule has 92 valence electrons. The second-order valence-electron chi connectivity index (χ2n) is 4.48. The van der Waals surface area contributed by atoms with E-state index in [-0.39, 0.29) is 22.5 Å². The van der Waals surface area contributed by atoms with Crippen LogP contribution in [-0.4, -0.2) is 10.9 Å². The van der Waals surface area contributed by atoms with Crippen LogP contribution >= 0.6 is 23.2 Å². The van der Waals surface area contributed by atoms with Gasteiger partial charge in [-0.1, -0.05) is 42.5 Å². The number of aromatic hydroxyl groups is 1. The molecule has 0 amide bonds. The second-order valence-corrected chi connectivity index (χ2v) is 5.30. The molecule has 0 radical (unpaired) electrons. The number of carbonyl (C=O) groups is 1. The molecule has 1 aromatic carbocycles. The van der Waals surface area contributed by atoms with E-state index in [0.717, 1.165) is 25.7 Å². The zero-order valence-electron chi connectivity index (χ0n) is 9.38. The normalized spacial score (nSPS) is 17.1. The maximum atomic E-state index is 12.2. The molecule has 1 N–H and O–H groups in total. The van der Waals surface area contributed by atoms with Gasteiger partial charge < -0.3 is 5.11 Å². The first kappa shape index (κ1) is 12.7. The highest BCUT2D eigenvalue weighted by molar-refractivity contribution is 6.42. The van der Waals surface area contributed by atoms with Gasteiger partial charge in [0.1, 0.15) is 5.75 Å². The fourth-order valence-corrected chi connectivity index (χ4v) is 2.64. The van der Waals surface area contributed by atoms with Gasteiger partial charge in [0.2, 0.25) is 0 Å². The zero-order chi connectivity index (χ0) is 12.4. The Morgan fingerprint density at radius 1 is 1.12 bits per heavy atom. The molecule has 1 aromatic rings. The Morgan fingerprint density at radius 2 is 1.71 bits per heavy atom. The highest BCUT2D eigenvalue weighted by Crippen LogP contribution is 2.34. The van der Waals surface area contributed by atoms with Crippen LogP contribution in [0.15, 0.2) is 12.1 Å². The maximum absolute atomic E-state index is 12.2. The van der Waals surface area contributed by atoms with Crippen molar-refractivity contribution in [2.45, 2.75) is 32.1 Å². The van der Waals surface area contributed by atoms with Gasteiger partial charge >= 0.3 is 0 Å². The molecule has 2 nitrogen and oxygen atoms in total. The van der Waals surface area contributed by atoms with Gasteiger partial charge in [0.25, 0.3) is 0 Å². The predicted molar refractivity (Wildman–Crippen MR) is 69.0 cm³/mol. The van der Waals surface area contributed by atoms with Crippen molar-refractivity contribution < 1.29 is 9.90 Å². The third-order valence-corrected chi connectivity index (χ3v) is 4.00.